The number of nitrogens with zero attached hydrogens (tertiary/aromatic N) is 4. The Morgan fingerprint density at radius 2 is 1.91 bits per heavy atom. The summed E-state index contributed by atoms with van der Waals surface area (Å²) in [5.41, 5.74) is 8.24. The molecular formula is C19H21N9O3S2. The van der Waals surface area contributed by atoms with Gasteiger partial charge in [0.2, 0.25) is 15.8 Å². The predicted molar refractivity (Wildman–Crippen MR) is 123 cm³/mol. The van der Waals surface area contributed by atoms with Gasteiger partial charge in [0, 0.05) is 18.4 Å². The number of piperidine rings is 1. The molecule has 5 rings (SSSR count). The molecule has 33 heavy (non-hydrogen) atoms. The fourth-order valence-corrected chi connectivity index (χ4v) is 7.12. The van der Waals surface area contributed by atoms with Crippen molar-refractivity contribution in [1.29, 1.82) is 0 Å². The number of hydrogen-bond donors (Lipinski definition) is 5. The number of nitrogens with one attached hydrogen (secondary N) is 3. The molecule has 0 amide bonds. The summed E-state index contributed by atoms with van der Waals surface area (Å²) < 4.78 is 39.3. The van der Waals surface area contributed by atoms with Gasteiger partial charge in [0.05, 0.1) is 16.6 Å². The van der Waals surface area contributed by atoms with E-state index in [0.29, 0.717) is 48.1 Å². The van der Waals surface area contributed by atoms with Gasteiger partial charge in [0.25, 0.3) is 0 Å². The smallest absolute Gasteiger partial charge is 0.243 e. The molecule has 3 heterocycles. The second-order valence-corrected chi connectivity index (χ2v) is 10.9. The number of fused-ring (bicyclic) bond motifs is 1. The van der Waals surface area contributed by atoms with E-state index in [2.05, 4.69) is 35.9 Å². The zero-order chi connectivity index (χ0) is 23.2. The second-order valence-electron chi connectivity index (χ2n) is 7.66. The number of para-hydroxylation sites is 1. The lowest BCUT2D eigenvalue weighted by atomic mass is 9.98. The number of aromatic amines is 2. The number of primary sulfonamides is 1. The van der Waals surface area contributed by atoms with Crippen molar-refractivity contribution in [2.24, 2.45) is 5.14 Å². The summed E-state index contributed by atoms with van der Waals surface area (Å²) >= 11 is -1.61. The fourth-order valence-electron chi connectivity index (χ4n) is 4.18. The normalized spacial score (nSPS) is 16.3. The largest absolute Gasteiger partial charge is 0.611 e. The molecular weight excluding hydrogens is 466 g/mol. The van der Waals surface area contributed by atoms with Gasteiger partial charge >= 0.3 is 0 Å². The Balaban J connectivity index is 1.81. The first-order valence-electron chi connectivity index (χ1n) is 10.1. The van der Waals surface area contributed by atoms with Crippen LogP contribution in [0.25, 0.3) is 33.5 Å². The van der Waals surface area contributed by atoms with E-state index >= 15 is 0 Å². The van der Waals surface area contributed by atoms with Crippen molar-refractivity contribution in [3.63, 3.8) is 0 Å². The Morgan fingerprint density at radius 1 is 1.12 bits per heavy atom. The molecule has 0 bridgehead atoms. The van der Waals surface area contributed by atoms with Gasteiger partial charge in [0.15, 0.2) is 10.8 Å². The first kappa shape index (κ1) is 21.8. The highest BCUT2D eigenvalue weighted by Gasteiger charge is 2.36. The summed E-state index contributed by atoms with van der Waals surface area (Å²) in [5.74, 6) is 0.233. The summed E-state index contributed by atoms with van der Waals surface area (Å²) in [7, 11) is -4.33. The van der Waals surface area contributed by atoms with Crippen molar-refractivity contribution in [3.8, 4) is 22.5 Å². The molecule has 2 aromatic carbocycles. The third kappa shape index (κ3) is 3.95. The van der Waals surface area contributed by atoms with Crippen LogP contribution < -0.4 is 16.2 Å². The molecule has 1 atom stereocenters. The Kier molecular flexibility index (Phi) is 5.54. The number of benzene rings is 2. The van der Waals surface area contributed by atoms with Gasteiger partial charge in [-0.05, 0) is 53.2 Å². The lowest BCUT2D eigenvalue weighted by Gasteiger charge is -2.27. The maximum absolute atomic E-state index is 13.5. The van der Waals surface area contributed by atoms with Crippen molar-refractivity contribution in [2.45, 2.75) is 27.9 Å². The van der Waals surface area contributed by atoms with Gasteiger partial charge in [0.1, 0.15) is 10.1 Å². The molecule has 1 fully saturated rings. The first-order chi connectivity index (χ1) is 15.8. The second kappa shape index (κ2) is 8.39. The number of aromatic nitrogens is 6. The third-order valence-electron chi connectivity index (χ3n) is 5.61. The molecule has 0 saturated carbocycles. The van der Waals surface area contributed by atoms with E-state index in [0.717, 1.165) is 0 Å². The lowest BCUT2D eigenvalue weighted by Crippen LogP contribution is -2.36. The highest BCUT2D eigenvalue weighted by atomic mass is 32.2. The molecule has 0 radical (unpaired) electrons. The fraction of sp³-hybridized carbons (Fsp3) is 0.263. The number of hydrogen-bond acceptors (Lipinski definition) is 9. The molecule has 0 aliphatic carbocycles. The molecule has 1 aliphatic rings. The van der Waals surface area contributed by atoms with Gasteiger partial charge < -0.3 is 20.6 Å². The monoisotopic (exact) mass is 487 g/mol. The third-order valence-corrected chi connectivity index (χ3v) is 8.58. The van der Waals surface area contributed by atoms with Crippen molar-refractivity contribution in [3.05, 3.63) is 30.3 Å². The topological polar surface area (TPSA) is 204 Å². The summed E-state index contributed by atoms with van der Waals surface area (Å²) in [6.45, 7) is 1.42. The first-order valence-corrected chi connectivity index (χ1v) is 12.9. The average molecular weight is 488 g/mol. The van der Waals surface area contributed by atoms with Gasteiger partial charge in [-0.15, -0.1) is 10.2 Å². The molecule has 2 aromatic heterocycles. The standard InChI is InChI=1S/C19H21N9O3S2/c20-19-23-13-3-1-2-12(16(13)24-19)11-4-5-14(32(29)10-6-8-22-9-7-10)17(33(21,30)31)15(11)18-25-27-28-26-18/h1-5,10,22H,6-9H2,(H3,20,23,24)(H2,21,30,31)(H,25,26,27,28). The highest BCUT2D eigenvalue weighted by molar-refractivity contribution is 7.94. The minimum atomic E-state index is -4.33. The molecule has 7 N–H and O–H groups in total. The maximum atomic E-state index is 13.5. The Bertz CT molecular complexity index is 1410. The molecule has 14 heteroatoms. The number of sulfonamides is 1. The number of anilines is 1. The molecule has 4 aromatic rings. The van der Waals surface area contributed by atoms with Gasteiger partial charge in [-0.3, -0.25) is 0 Å². The van der Waals surface area contributed by atoms with Crippen molar-refractivity contribution in [1.82, 2.24) is 35.9 Å². The number of nitrogens with two attached hydrogens (primary N) is 2. The van der Waals surface area contributed by atoms with Gasteiger partial charge in [-0.2, -0.15) is 5.21 Å². The van der Waals surface area contributed by atoms with Crippen molar-refractivity contribution in [2.75, 3.05) is 18.8 Å². The summed E-state index contributed by atoms with van der Waals surface area (Å²) in [6.07, 6.45) is 1.31. The van der Waals surface area contributed by atoms with Crippen LogP contribution in [0, 0.1) is 0 Å². The van der Waals surface area contributed by atoms with Gasteiger partial charge in [-0.1, -0.05) is 12.1 Å². The summed E-state index contributed by atoms with van der Waals surface area (Å²) in [6, 6.07) is 8.58. The van der Waals surface area contributed by atoms with E-state index in [4.69, 9.17) is 10.9 Å². The minimum absolute atomic E-state index is 0.0164. The molecule has 172 valence electrons. The Morgan fingerprint density at radius 3 is 2.61 bits per heavy atom. The summed E-state index contributed by atoms with van der Waals surface area (Å²) in [4.78, 5) is 7.10. The van der Waals surface area contributed by atoms with E-state index in [1.165, 1.54) is 0 Å². The van der Waals surface area contributed by atoms with Crippen LogP contribution in [0.3, 0.4) is 0 Å². The molecule has 12 nitrogen and oxygen atoms in total. The van der Waals surface area contributed by atoms with Crippen LogP contribution in [0.5, 0.6) is 0 Å². The van der Waals surface area contributed by atoms with Crippen LogP contribution in [0.2, 0.25) is 0 Å². The maximum Gasteiger partial charge on any atom is 0.243 e. The van der Waals surface area contributed by atoms with E-state index in [1.807, 2.05) is 0 Å². The highest BCUT2D eigenvalue weighted by Crippen LogP contribution is 2.41. The van der Waals surface area contributed by atoms with E-state index in [9.17, 15) is 13.0 Å². The van der Waals surface area contributed by atoms with E-state index < -0.39 is 21.2 Å². The van der Waals surface area contributed by atoms with Crippen molar-refractivity contribution >= 4 is 38.2 Å². The molecule has 0 spiro atoms. The average Bonchev–Trinajstić information content (AvgIpc) is 3.46. The number of rotatable bonds is 5. The van der Waals surface area contributed by atoms with Crippen LogP contribution in [0.4, 0.5) is 5.95 Å². The SMILES string of the molecule is Nc1nc2cccc(-c3ccc([S+]([O-])C4CCNCC4)c(S(N)(=O)=O)c3-c3nn[nH]n3)c2[nH]1. The van der Waals surface area contributed by atoms with E-state index in [1.54, 1.807) is 30.3 Å². The minimum Gasteiger partial charge on any atom is -0.611 e. The van der Waals surface area contributed by atoms with Crippen LogP contribution in [0.1, 0.15) is 12.8 Å². The quantitative estimate of drug-likeness (QED) is 0.248. The van der Waals surface area contributed by atoms with E-state index in [-0.39, 0.29) is 32.4 Å². The van der Waals surface area contributed by atoms with Crippen LogP contribution >= 0.6 is 0 Å². The van der Waals surface area contributed by atoms with Crippen LogP contribution in [-0.4, -0.2) is 61.9 Å². The molecule has 1 saturated heterocycles. The Hall–Kier alpha value is -3.04. The van der Waals surface area contributed by atoms with Crippen LogP contribution in [0.15, 0.2) is 40.1 Å². The molecule has 1 aliphatic heterocycles. The molecule has 1 unspecified atom stereocenters. The predicted octanol–water partition coefficient (Wildman–Crippen LogP) is 0.499. The summed E-state index contributed by atoms with van der Waals surface area (Å²) in [5, 5.41) is 22.7. The zero-order valence-corrected chi connectivity index (χ0v) is 18.9. The van der Waals surface area contributed by atoms with Gasteiger partial charge in [-0.25, -0.2) is 18.5 Å². The zero-order valence-electron chi connectivity index (χ0n) is 17.3. The van der Waals surface area contributed by atoms with Crippen LogP contribution in [-0.2, 0) is 21.2 Å². The van der Waals surface area contributed by atoms with Crippen molar-refractivity contribution < 1.29 is 13.0 Å². The number of tetrazole rings is 1. The number of imidazole rings is 1. The number of H-pyrrole nitrogens is 2. The Labute approximate surface area is 191 Å². The number of nitrogen functional groups attached to an aromatic ring is 1. The lowest BCUT2D eigenvalue weighted by molar-refractivity contribution is 0.495.